The number of aromatic nitrogens is 3. The maximum Gasteiger partial charge on any atom is 0.119 e. The Kier molecular flexibility index (Phi) is 6.43. The van der Waals surface area contributed by atoms with E-state index in [2.05, 4.69) is 88.4 Å². The first kappa shape index (κ1) is 25.5. The molecule has 0 unspecified atom stereocenters. The summed E-state index contributed by atoms with van der Waals surface area (Å²) in [5.74, 6) is 1.73. The Morgan fingerprint density at radius 3 is 1.80 bits per heavy atom. The molecule has 6 rings (SSSR count). The summed E-state index contributed by atoms with van der Waals surface area (Å²) >= 11 is 0. The maximum absolute atomic E-state index is 5.49. The number of pyridine rings is 3. The highest BCUT2D eigenvalue weighted by Crippen LogP contribution is 2.37. The van der Waals surface area contributed by atoms with Crippen molar-refractivity contribution in [1.29, 1.82) is 0 Å². The normalized spacial score (nSPS) is 11.2. The average Bonchev–Trinajstić information content (AvgIpc) is 2.96. The van der Waals surface area contributed by atoms with E-state index in [9.17, 15) is 0 Å². The number of aryl methyl sites for hydroxylation is 4. The molecule has 3 aromatic carbocycles. The van der Waals surface area contributed by atoms with Gasteiger partial charge in [-0.15, -0.1) is 0 Å². The third-order valence-corrected chi connectivity index (χ3v) is 7.63. The number of rotatable bonds is 5. The van der Waals surface area contributed by atoms with Gasteiger partial charge in [0.05, 0.1) is 36.6 Å². The van der Waals surface area contributed by atoms with Gasteiger partial charge in [-0.05, 0) is 121 Å². The monoisotopic (exact) mass is 525 g/mol. The van der Waals surface area contributed by atoms with Crippen molar-refractivity contribution in [3.8, 4) is 45.1 Å². The fraction of sp³-hybridized carbons (Fsp3) is 0.171. The first-order valence-electron chi connectivity index (χ1n) is 13.3. The number of methoxy groups -OCH3 is 2. The SMILES string of the molecule is COc1cc(C)c(-c2ccnc(-c3ccc4ccc5c(-c6c(C)cc(OC)cc6C)ccnc5c4n3)c2)c(C)c1. The van der Waals surface area contributed by atoms with E-state index >= 15 is 0 Å². The largest absolute Gasteiger partial charge is 0.497 e. The van der Waals surface area contributed by atoms with Crippen LogP contribution in [-0.2, 0) is 0 Å². The Bertz CT molecular complexity index is 1880. The van der Waals surface area contributed by atoms with Crippen LogP contribution in [0.15, 0.2) is 79.1 Å². The van der Waals surface area contributed by atoms with Gasteiger partial charge in [0, 0.05) is 23.2 Å². The molecule has 5 nitrogen and oxygen atoms in total. The van der Waals surface area contributed by atoms with Crippen LogP contribution in [0.2, 0.25) is 0 Å². The summed E-state index contributed by atoms with van der Waals surface area (Å²) in [5.41, 5.74) is 12.7. The van der Waals surface area contributed by atoms with Crippen molar-refractivity contribution in [1.82, 2.24) is 15.0 Å². The van der Waals surface area contributed by atoms with Crippen molar-refractivity contribution in [2.24, 2.45) is 0 Å². The molecule has 0 spiro atoms. The number of nitrogens with zero attached hydrogens (tertiary/aromatic N) is 3. The molecule has 3 aromatic heterocycles. The van der Waals surface area contributed by atoms with Crippen LogP contribution in [-0.4, -0.2) is 29.2 Å². The summed E-state index contributed by atoms with van der Waals surface area (Å²) < 4.78 is 11.0. The van der Waals surface area contributed by atoms with Crippen molar-refractivity contribution in [2.75, 3.05) is 14.2 Å². The number of benzene rings is 3. The summed E-state index contributed by atoms with van der Waals surface area (Å²) in [4.78, 5) is 14.6. The van der Waals surface area contributed by atoms with Crippen LogP contribution < -0.4 is 9.47 Å². The van der Waals surface area contributed by atoms with Gasteiger partial charge in [-0.2, -0.15) is 0 Å². The third kappa shape index (κ3) is 4.34. The summed E-state index contributed by atoms with van der Waals surface area (Å²) in [7, 11) is 3.40. The number of fused-ring (bicyclic) bond motifs is 3. The second-order valence-electron chi connectivity index (χ2n) is 10.3. The average molecular weight is 526 g/mol. The molecule has 0 saturated carbocycles. The van der Waals surface area contributed by atoms with Gasteiger partial charge in [0.15, 0.2) is 0 Å². The fourth-order valence-electron chi connectivity index (χ4n) is 5.85. The first-order chi connectivity index (χ1) is 19.4. The highest BCUT2D eigenvalue weighted by Gasteiger charge is 2.15. The Morgan fingerprint density at radius 1 is 0.550 bits per heavy atom. The van der Waals surface area contributed by atoms with Crippen LogP contribution >= 0.6 is 0 Å². The van der Waals surface area contributed by atoms with Crippen molar-refractivity contribution in [3.63, 3.8) is 0 Å². The van der Waals surface area contributed by atoms with Crippen LogP contribution in [0.3, 0.4) is 0 Å². The minimum absolute atomic E-state index is 0.815. The van der Waals surface area contributed by atoms with E-state index in [4.69, 9.17) is 24.4 Å². The fourth-order valence-corrected chi connectivity index (χ4v) is 5.85. The molecule has 6 aromatic rings. The molecule has 0 amide bonds. The lowest BCUT2D eigenvalue weighted by molar-refractivity contribution is 0.414. The Balaban J connectivity index is 1.50. The van der Waals surface area contributed by atoms with Crippen LogP contribution in [0, 0.1) is 27.7 Å². The van der Waals surface area contributed by atoms with E-state index in [-0.39, 0.29) is 0 Å². The van der Waals surface area contributed by atoms with Gasteiger partial charge in [0.25, 0.3) is 0 Å². The first-order valence-corrected chi connectivity index (χ1v) is 13.3. The highest BCUT2D eigenvalue weighted by molar-refractivity contribution is 6.09. The van der Waals surface area contributed by atoms with E-state index in [1.54, 1.807) is 14.2 Å². The third-order valence-electron chi connectivity index (χ3n) is 7.63. The quantitative estimate of drug-likeness (QED) is 0.211. The lowest BCUT2D eigenvalue weighted by atomic mass is 9.92. The molecule has 0 aliphatic rings. The molecule has 0 saturated heterocycles. The van der Waals surface area contributed by atoms with Gasteiger partial charge in [0.2, 0.25) is 0 Å². The topological polar surface area (TPSA) is 57.1 Å². The summed E-state index contributed by atoms with van der Waals surface area (Å²) in [5, 5.41) is 2.12. The van der Waals surface area contributed by atoms with Crippen LogP contribution in [0.5, 0.6) is 11.5 Å². The molecule has 198 valence electrons. The van der Waals surface area contributed by atoms with E-state index in [1.165, 1.54) is 11.1 Å². The molecule has 5 heteroatoms. The van der Waals surface area contributed by atoms with Gasteiger partial charge in [-0.25, -0.2) is 4.98 Å². The zero-order chi connectivity index (χ0) is 28.0. The van der Waals surface area contributed by atoms with Crippen LogP contribution in [0.4, 0.5) is 0 Å². The highest BCUT2D eigenvalue weighted by atomic mass is 16.5. The molecule has 0 N–H and O–H groups in total. The zero-order valence-electron chi connectivity index (χ0n) is 23.7. The molecular weight excluding hydrogens is 494 g/mol. The predicted octanol–water partition coefficient (Wildman–Crippen LogP) is 8.43. The van der Waals surface area contributed by atoms with Gasteiger partial charge >= 0.3 is 0 Å². The Hall–Kier alpha value is -4.77. The Labute approximate surface area is 234 Å². The van der Waals surface area contributed by atoms with Crippen molar-refractivity contribution >= 4 is 21.8 Å². The number of hydrogen-bond donors (Lipinski definition) is 0. The Morgan fingerprint density at radius 2 is 1.15 bits per heavy atom. The maximum atomic E-state index is 5.49. The molecule has 0 fully saturated rings. The molecule has 0 bridgehead atoms. The predicted molar refractivity (Wildman–Crippen MR) is 163 cm³/mol. The van der Waals surface area contributed by atoms with E-state index in [1.807, 2.05) is 18.5 Å². The van der Waals surface area contributed by atoms with Crippen LogP contribution in [0.25, 0.3) is 55.4 Å². The molecule has 0 aliphatic heterocycles. The lowest BCUT2D eigenvalue weighted by Gasteiger charge is -2.15. The minimum atomic E-state index is 0.815. The molecule has 0 aliphatic carbocycles. The van der Waals surface area contributed by atoms with Gasteiger partial charge in [-0.1, -0.05) is 18.2 Å². The molecule has 0 atom stereocenters. The van der Waals surface area contributed by atoms with E-state index in [0.29, 0.717) is 0 Å². The van der Waals surface area contributed by atoms with E-state index < -0.39 is 0 Å². The van der Waals surface area contributed by atoms with Gasteiger partial charge < -0.3 is 9.47 Å². The summed E-state index contributed by atoms with van der Waals surface area (Å²) in [6, 6.07) is 23.0. The molecular formula is C35H31N3O2. The van der Waals surface area contributed by atoms with Crippen molar-refractivity contribution in [3.05, 3.63) is 101 Å². The van der Waals surface area contributed by atoms with Gasteiger partial charge in [-0.3, -0.25) is 9.97 Å². The van der Waals surface area contributed by atoms with Crippen LogP contribution in [0.1, 0.15) is 22.3 Å². The second kappa shape index (κ2) is 10.1. The standard InChI is InChI=1S/C35H31N3O2/c1-20-15-26(39-5)16-21(2)32(20)25-11-13-36-31(19-25)30-10-8-24-7-9-29-28(12-14-37-35(29)34(24)38-30)33-22(3)17-27(40-6)18-23(33)4/h7-19H,1-6H3. The number of ether oxygens (including phenoxy) is 2. The lowest BCUT2D eigenvalue weighted by Crippen LogP contribution is -1.95. The zero-order valence-corrected chi connectivity index (χ0v) is 23.7. The second-order valence-corrected chi connectivity index (χ2v) is 10.3. The molecule has 0 radical (unpaired) electrons. The summed E-state index contributed by atoms with van der Waals surface area (Å²) in [6.07, 6.45) is 3.73. The minimum Gasteiger partial charge on any atom is -0.497 e. The van der Waals surface area contributed by atoms with Crippen molar-refractivity contribution < 1.29 is 9.47 Å². The van der Waals surface area contributed by atoms with E-state index in [0.717, 1.165) is 78.1 Å². The summed E-state index contributed by atoms with van der Waals surface area (Å²) in [6.45, 7) is 8.47. The van der Waals surface area contributed by atoms with Gasteiger partial charge in [0.1, 0.15) is 11.5 Å². The molecule has 3 heterocycles. The molecule has 40 heavy (non-hydrogen) atoms. The smallest absolute Gasteiger partial charge is 0.119 e. The number of hydrogen-bond acceptors (Lipinski definition) is 5. The van der Waals surface area contributed by atoms with Crippen molar-refractivity contribution in [2.45, 2.75) is 27.7 Å².